The molecule has 0 saturated heterocycles. The van der Waals surface area contributed by atoms with Crippen LogP contribution in [-0.2, 0) is 23.2 Å². The molecule has 0 unspecified atom stereocenters. The molecule has 0 bridgehead atoms. The molecule has 190 valence electrons. The normalized spacial score (nSPS) is 16.5. The summed E-state index contributed by atoms with van der Waals surface area (Å²) in [5.41, 5.74) is 2.96. The van der Waals surface area contributed by atoms with Gasteiger partial charge in [-0.05, 0) is 57.4 Å². The van der Waals surface area contributed by atoms with Crippen LogP contribution in [0.25, 0.3) is 0 Å². The fourth-order valence-corrected chi connectivity index (χ4v) is 6.73. The van der Waals surface area contributed by atoms with E-state index in [0.29, 0.717) is 32.2 Å². The maximum absolute atomic E-state index is 13.8. The fraction of sp³-hybridized carbons (Fsp3) is 0.143. The second kappa shape index (κ2) is 10.8. The molecule has 1 aliphatic rings. The van der Waals surface area contributed by atoms with Crippen molar-refractivity contribution in [1.82, 2.24) is 4.31 Å². The minimum Gasteiger partial charge on any atom is -0.493 e. The number of nitrogens with zero attached hydrogens (tertiary/aromatic N) is 1. The van der Waals surface area contributed by atoms with Gasteiger partial charge in [-0.15, -0.1) is 0 Å². The molecule has 37 heavy (non-hydrogen) atoms. The quantitative estimate of drug-likeness (QED) is 0.248. The molecule has 9 heteroatoms. The Bertz CT molecular complexity index is 1530. The highest BCUT2D eigenvalue weighted by atomic mass is 79.9. The van der Waals surface area contributed by atoms with Crippen LogP contribution in [0.4, 0.5) is 5.69 Å². The van der Waals surface area contributed by atoms with E-state index in [2.05, 4.69) is 21.2 Å². The van der Waals surface area contributed by atoms with Crippen LogP contribution in [0.1, 0.15) is 22.9 Å². The van der Waals surface area contributed by atoms with E-state index in [1.54, 1.807) is 31.4 Å². The van der Waals surface area contributed by atoms with Crippen LogP contribution >= 0.6 is 27.5 Å². The van der Waals surface area contributed by atoms with Crippen LogP contribution in [0.2, 0.25) is 5.02 Å². The lowest BCUT2D eigenvalue weighted by atomic mass is 10.1. The van der Waals surface area contributed by atoms with Crippen molar-refractivity contribution < 1.29 is 17.9 Å². The van der Waals surface area contributed by atoms with Crippen LogP contribution in [0, 0.1) is 0 Å². The maximum atomic E-state index is 13.8. The molecule has 0 radical (unpaired) electrons. The molecule has 4 aromatic rings. The van der Waals surface area contributed by atoms with E-state index in [4.69, 9.17) is 21.1 Å². The van der Waals surface area contributed by atoms with Crippen LogP contribution in [0.15, 0.2) is 100 Å². The average molecular weight is 600 g/mol. The number of hydrogen-bond donors (Lipinski definition) is 1. The lowest BCUT2D eigenvalue weighted by Gasteiger charge is -2.37. The molecule has 1 atom stereocenters. The summed E-state index contributed by atoms with van der Waals surface area (Å²) in [6.45, 7) is 0.442. The fourth-order valence-electron chi connectivity index (χ4n) is 4.29. The van der Waals surface area contributed by atoms with E-state index in [0.717, 1.165) is 11.1 Å². The van der Waals surface area contributed by atoms with Crippen molar-refractivity contribution in [2.75, 3.05) is 12.4 Å². The number of benzene rings is 4. The number of sulfonamides is 1. The molecule has 0 amide bonds. The number of rotatable bonds is 7. The van der Waals surface area contributed by atoms with E-state index >= 15 is 0 Å². The minimum atomic E-state index is -3.80. The molecule has 6 nitrogen and oxygen atoms in total. The molecule has 0 saturated carbocycles. The molecule has 1 heterocycles. The van der Waals surface area contributed by atoms with E-state index in [1.807, 2.05) is 66.7 Å². The zero-order chi connectivity index (χ0) is 26.0. The van der Waals surface area contributed by atoms with Gasteiger partial charge in [0.1, 0.15) is 17.7 Å². The summed E-state index contributed by atoms with van der Waals surface area (Å²) in [5, 5.41) is 4.03. The third-order valence-corrected chi connectivity index (χ3v) is 8.96. The highest BCUT2D eigenvalue weighted by Gasteiger charge is 2.39. The molecule has 4 aromatic carbocycles. The van der Waals surface area contributed by atoms with Gasteiger partial charge in [0.2, 0.25) is 10.0 Å². The second-order valence-corrected chi connectivity index (χ2v) is 11.6. The van der Waals surface area contributed by atoms with Gasteiger partial charge in [0.15, 0.2) is 11.5 Å². The van der Waals surface area contributed by atoms with Crippen molar-refractivity contribution in [3.63, 3.8) is 0 Å². The van der Waals surface area contributed by atoms with Crippen molar-refractivity contribution in [3.05, 3.63) is 117 Å². The van der Waals surface area contributed by atoms with Gasteiger partial charge in [0.25, 0.3) is 0 Å². The molecular formula is C28H24BrClN2O4S. The standard InChI is InChI=1S/C28H24BrClN2O4S/c1-35-25-16-21(15-22(29)27(25)36-18-20-11-5-6-12-23(20)30)28-31-24-13-7-8-14-26(24)37(33,34)32(28)17-19-9-3-2-4-10-19/h2-16,28,31H,17-18H2,1H3/t28-/m1/s1. The molecule has 0 fully saturated rings. The zero-order valence-corrected chi connectivity index (χ0v) is 23.1. The smallest absolute Gasteiger partial charge is 0.247 e. The third kappa shape index (κ3) is 5.20. The summed E-state index contributed by atoms with van der Waals surface area (Å²) in [4.78, 5) is 0.243. The molecule has 0 aromatic heterocycles. The van der Waals surface area contributed by atoms with Crippen LogP contribution < -0.4 is 14.8 Å². The molecule has 1 aliphatic heterocycles. The lowest BCUT2D eigenvalue weighted by Crippen LogP contribution is -2.42. The molecule has 0 aliphatic carbocycles. The van der Waals surface area contributed by atoms with E-state index in [1.165, 1.54) is 4.31 Å². The maximum Gasteiger partial charge on any atom is 0.247 e. The van der Waals surface area contributed by atoms with E-state index in [9.17, 15) is 8.42 Å². The summed E-state index contributed by atoms with van der Waals surface area (Å²) in [7, 11) is -2.25. The Hall–Kier alpha value is -3.04. The Morgan fingerprint density at radius 1 is 0.973 bits per heavy atom. The Morgan fingerprint density at radius 2 is 1.68 bits per heavy atom. The summed E-state index contributed by atoms with van der Waals surface area (Å²) < 4.78 is 41.4. The van der Waals surface area contributed by atoms with Crippen molar-refractivity contribution in [2.45, 2.75) is 24.2 Å². The highest BCUT2D eigenvalue weighted by Crippen LogP contribution is 2.44. The first-order valence-corrected chi connectivity index (χ1v) is 14.1. The Morgan fingerprint density at radius 3 is 2.43 bits per heavy atom. The predicted octanol–water partition coefficient (Wildman–Crippen LogP) is 7.01. The number of para-hydroxylation sites is 1. The predicted molar refractivity (Wildman–Crippen MR) is 148 cm³/mol. The number of anilines is 1. The number of nitrogens with one attached hydrogen (secondary N) is 1. The SMILES string of the molecule is COc1cc([C@@H]2Nc3ccccc3S(=O)(=O)N2Cc2ccccc2)cc(Br)c1OCc1ccccc1Cl. The lowest BCUT2D eigenvalue weighted by molar-refractivity contribution is 0.281. The third-order valence-electron chi connectivity index (χ3n) is 6.13. The van der Waals surface area contributed by atoms with Gasteiger partial charge in [-0.25, -0.2) is 8.42 Å². The average Bonchev–Trinajstić information content (AvgIpc) is 2.90. The van der Waals surface area contributed by atoms with Crippen molar-refractivity contribution >= 4 is 43.2 Å². The van der Waals surface area contributed by atoms with Gasteiger partial charge in [0.05, 0.1) is 17.3 Å². The van der Waals surface area contributed by atoms with Gasteiger partial charge < -0.3 is 14.8 Å². The summed E-state index contributed by atoms with van der Waals surface area (Å²) in [6.07, 6.45) is -0.678. The van der Waals surface area contributed by atoms with E-state index < -0.39 is 16.2 Å². The first-order valence-electron chi connectivity index (χ1n) is 11.5. The van der Waals surface area contributed by atoms with Crippen molar-refractivity contribution in [3.8, 4) is 11.5 Å². The van der Waals surface area contributed by atoms with Gasteiger partial charge in [0, 0.05) is 17.1 Å². The number of hydrogen-bond acceptors (Lipinski definition) is 5. The topological polar surface area (TPSA) is 67.9 Å². The number of halogens is 2. The van der Waals surface area contributed by atoms with Gasteiger partial charge in [-0.1, -0.05) is 72.3 Å². The minimum absolute atomic E-state index is 0.194. The largest absolute Gasteiger partial charge is 0.493 e. The Balaban J connectivity index is 1.54. The number of ether oxygens (including phenoxy) is 2. The Kier molecular flexibility index (Phi) is 7.44. The molecule has 5 rings (SSSR count). The van der Waals surface area contributed by atoms with Gasteiger partial charge in [-0.3, -0.25) is 0 Å². The van der Waals surface area contributed by atoms with Crippen LogP contribution in [-0.4, -0.2) is 19.8 Å². The Labute approximate surface area is 230 Å². The van der Waals surface area contributed by atoms with E-state index in [-0.39, 0.29) is 18.0 Å². The monoisotopic (exact) mass is 598 g/mol. The number of methoxy groups -OCH3 is 1. The molecular weight excluding hydrogens is 576 g/mol. The summed E-state index contributed by atoms with van der Waals surface area (Å²) in [6, 6.07) is 27.6. The highest BCUT2D eigenvalue weighted by molar-refractivity contribution is 9.10. The molecule has 0 spiro atoms. The number of fused-ring (bicyclic) bond motifs is 1. The van der Waals surface area contributed by atoms with Gasteiger partial charge >= 0.3 is 0 Å². The second-order valence-electron chi connectivity index (χ2n) is 8.49. The zero-order valence-electron chi connectivity index (χ0n) is 19.9. The molecule has 1 N–H and O–H groups in total. The van der Waals surface area contributed by atoms with Crippen LogP contribution in [0.3, 0.4) is 0 Å². The first-order chi connectivity index (χ1) is 17.9. The first kappa shape index (κ1) is 25.6. The summed E-state index contributed by atoms with van der Waals surface area (Å²) in [5.74, 6) is 0.967. The summed E-state index contributed by atoms with van der Waals surface area (Å²) >= 11 is 9.90. The van der Waals surface area contributed by atoms with Crippen LogP contribution in [0.5, 0.6) is 11.5 Å². The van der Waals surface area contributed by atoms with Crippen molar-refractivity contribution in [2.24, 2.45) is 0 Å². The van der Waals surface area contributed by atoms with Crippen molar-refractivity contribution in [1.29, 1.82) is 0 Å². The van der Waals surface area contributed by atoms with Gasteiger partial charge in [-0.2, -0.15) is 4.31 Å².